The van der Waals surface area contributed by atoms with Crippen molar-refractivity contribution in [2.75, 3.05) is 32.0 Å². The van der Waals surface area contributed by atoms with Crippen LogP contribution in [0, 0.1) is 6.92 Å². The molecule has 2 aromatic rings. The average Bonchev–Trinajstić information content (AvgIpc) is 2.86. The number of nitrogens with zero attached hydrogens (tertiary/aromatic N) is 2. The lowest BCUT2D eigenvalue weighted by atomic mass is 10.1. The van der Waals surface area contributed by atoms with Crippen LogP contribution in [0.3, 0.4) is 0 Å². The fourth-order valence-electron chi connectivity index (χ4n) is 2.87. The Labute approximate surface area is 152 Å². The molecule has 1 N–H and O–H groups in total. The van der Waals surface area contributed by atoms with Gasteiger partial charge in [-0.3, -0.25) is 24.2 Å². The molecule has 6 nitrogen and oxygen atoms in total. The SMILES string of the molecule is Cc1ccc(NC(=O)CN(C)CCN2C(=O)c3ccccc3C2=O)cc1. The van der Waals surface area contributed by atoms with Crippen LogP contribution in [0.15, 0.2) is 48.5 Å². The van der Waals surface area contributed by atoms with Crippen LogP contribution >= 0.6 is 0 Å². The highest BCUT2D eigenvalue weighted by molar-refractivity contribution is 6.21. The maximum Gasteiger partial charge on any atom is 0.261 e. The predicted octanol–water partition coefficient (Wildman–Crippen LogP) is 2.16. The summed E-state index contributed by atoms with van der Waals surface area (Å²) in [5.74, 6) is -0.690. The Bertz CT molecular complexity index is 811. The molecule has 3 amide bonds. The van der Waals surface area contributed by atoms with Crippen molar-refractivity contribution in [2.45, 2.75) is 6.92 Å². The van der Waals surface area contributed by atoms with E-state index in [0.717, 1.165) is 11.3 Å². The molecule has 0 atom stereocenters. The fraction of sp³-hybridized carbons (Fsp3) is 0.250. The van der Waals surface area contributed by atoms with Crippen LogP contribution in [-0.2, 0) is 4.79 Å². The third kappa shape index (κ3) is 3.81. The van der Waals surface area contributed by atoms with Gasteiger partial charge in [0.05, 0.1) is 17.7 Å². The molecule has 2 aromatic carbocycles. The maximum atomic E-state index is 12.3. The highest BCUT2D eigenvalue weighted by atomic mass is 16.2. The van der Waals surface area contributed by atoms with Gasteiger partial charge in [0.1, 0.15) is 0 Å². The number of aryl methyl sites for hydroxylation is 1. The smallest absolute Gasteiger partial charge is 0.261 e. The number of carbonyl (C=O) groups is 3. The van der Waals surface area contributed by atoms with E-state index in [4.69, 9.17) is 0 Å². The highest BCUT2D eigenvalue weighted by Gasteiger charge is 2.34. The van der Waals surface area contributed by atoms with Crippen LogP contribution in [0.25, 0.3) is 0 Å². The second-order valence-electron chi connectivity index (χ2n) is 6.46. The van der Waals surface area contributed by atoms with Crippen molar-refractivity contribution >= 4 is 23.4 Å². The third-order valence-corrected chi connectivity index (χ3v) is 4.33. The number of imide groups is 1. The molecule has 26 heavy (non-hydrogen) atoms. The maximum absolute atomic E-state index is 12.3. The van der Waals surface area contributed by atoms with Gasteiger partial charge in [-0.2, -0.15) is 0 Å². The average molecular weight is 351 g/mol. The van der Waals surface area contributed by atoms with Crippen LogP contribution in [0.5, 0.6) is 0 Å². The number of nitrogens with one attached hydrogen (secondary N) is 1. The number of amides is 3. The lowest BCUT2D eigenvalue weighted by Gasteiger charge is -2.20. The summed E-state index contributed by atoms with van der Waals surface area (Å²) in [6.07, 6.45) is 0. The van der Waals surface area contributed by atoms with Crippen LogP contribution in [-0.4, -0.2) is 54.2 Å². The molecular formula is C20H21N3O3. The van der Waals surface area contributed by atoms with Crippen molar-refractivity contribution < 1.29 is 14.4 Å². The van der Waals surface area contributed by atoms with Crippen LogP contribution in [0.1, 0.15) is 26.3 Å². The first-order valence-corrected chi connectivity index (χ1v) is 8.46. The van der Waals surface area contributed by atoms with Crippen molar-refractivity contribution in [3.63, 3.8) is 0 Å². The number of likely N-dealkylation sites (N-methyl/N-ethyl adjacent to an activating group) is 1. The lowest BCUT2D eigenvalue weighted by Crippen LogP contribution is -2.39. The summed E-state index contributed by atoms with van der Waals surface area (Å²) in [6.45, 7) is 2.84. The largest absolute Gasteiger partial charge is 0.325 e. The number of benzene rings is 2. The highest BCUT2D eigenvalue weighted by Crippen LogP contribution is 2.21. The Morgan fingerprint density at radius 2 is 1.58 bits per heavy atom. The zero-order valence-electron chi connectivity index (χ0n) is 14.9. The van der Waals surface area contributed by atoms with Gasteiger partial charge in [0.25, 0.3) is 11.8 Å². The number of carbonyl (C=O) groups excluding carboxylic acids is 3. The van der Waals surface area contributed by atoms with E-state index in [2.05, 4.69) is 5.32 Å². The Hall–Kier alpha value is -2.99. The van der Waals surface area contributed by atoms with Gasteiger partial charge in [-0.15, -0.1) is 0 Å². The second-order valence-corrected chi connectivity index (χ2v) is 6.46. The molecule has 1 aliphatic heterocycles. The molecule has 0 fully saturated rings. The Balaban J connectivity index is 1.51. The normalized spacial score (nSPS) is 13.3. The summed E-state index contributed by atoms with van der Waals surface area (Å²) in [7, 11) is 1.78. The summed E-state index contributed by atoms with van der Waals surface area (Å²) < 4.78 is 0. The molecule has 6 heteroatoms. The van der Waals surface area contributed by atoms with Gasteiger partial charge in [0.2, 0.25) is 5.91 Å². The van der Waals surface area contributed by atoms with Gasteiger partial charge in [-0.25, -0.2) is 0 Å². The van der Waals surface area contributed by atoms with Gasteiger partial charge in [-0.05, 0) is 38.2 Å². The summed E-state index contributed by atoms with van der Waals surface area (Å²) in [6, 6.07) is 14.4. The summed E-state index contributed by atoms with van der Waals surface area (Å²) >= 11 is 0. The van der Waals surface area contributed by atoms with Gasteiger partial charge in [-0.1, -0.05) is 29.8 Å². The second kappa shape index (κ2) is 7.49. The van der Waals surface area contributed by atoms with Crippen molar-refractivity contribution in [3.05, 3.63) is 65.2 Å². The molecule has 0 aliphatic carbocycles. The van der Waals surface area contributed by atoms with Crippen molar-refractivity contribution in [3.8, 4) is 0 Å². The van der Waals surface area contributed by atoms with Gasteiger partial charge in [0, 0.05) is 18.8 Å². The monoisotopic (exact) mass is 351 g/mol. The van der Waals surface area contributed by atoms with E-state index in [9.17, 15) is 14.4 Å². The number of anilines is 1. The van der Waals surface area contributed by atoms with Crippen LogP contribution < -0.4 is 5.32 Å². The van der Waals surface area contributed by atoms with Gasteiger partial charge in [0.15, 0.2) is 0 Å². The van der Waals surface area contributed by atoms with Crippen molar-refractivity contribution in [2.24, 2.45) is 0 Å². The van der Waals surface area contributed by atoms with Crippen molar-refractivity contribution in [1.29, 1.82) is 0 Å². The molecule has 0 unspecified atom stereocenters. The summed E-state index contributed by atoms with van der Waals surface area (Å²) in [5.41, 5.74) is 2.75. The molecule has 1 heterocycles. The number of hydrogen-bond acceptors (Lipinski definition) is 4. The van der Waals surface area contributed by atoms with E-state index in [1.54, 1.807) is 36.2 Å². The third-order valence-electron chi connectivity index (χ3n) is 4.33. The van der Waals surface area contributed by atoms with E-state index < -0.39 is 0 Å². The molecule has 134 valence electrons. The number of hydrogen-bond donors (Lipinski definition) is 1. The van der Waals surface area contributed by atoms with Crippen molar-refractivity contribution in [1.82, 2.24) is 9.80 Å². The molecule has 0 saturated heterocycles. The van der Waals surface area contributed by atoms with E-state index in [1.807, 2.05) is 31.2 Å². The van der Waals surface area contributed by atoms with Gasteiger partial charge >= 0.3 is 0 Å². The predicted molar refractivity (Wildman–Crippen MR) is 99.1 cm³/mol. The number of fused-ring (bicyclic) bond motifs is 1. The molecule has 0 spiro atoms. The zero-order valence-corrected chi connectivity index (χ0v) is 14.9. The topological polar surface area (TPSA) is 69.7 Å². The fourth-order valence-corrected chi connectivity index (χ4v) is 2.87. The van der Waals surface area contributed by atoms with Gasteiger partial charge < -0.3 is 5.32 Å². The standard InChI is InChI=1S/C20H21N3O3/c1-14-7-9-15(10-8-14)21-18(24)13-22(2)11-12-23-19(25)16-5-3-4-6-17(16)20(23)26/h3-10H,11-13H2,1-2H3,(H,21,24). The summed E-state index contributed by atoms with van der Waals surface area (Å²) in [5, 5.41) is 2.83. The van der Waals surface area contributed by atoms with E-state index in [1.165, 1.54) is 4.90 Å². The first-order chi connectivity index (χ1) is 12.5. The quantitative estimate of drug-likeness (QED) is 0.810. The lowest BCUT2D eigenvalue weighted by molar-refractivity contribution is -0.117. The molecular weight excluding hydrogens is 330 g/mol. The Kier molecular flexibility index (Phi) is 5.14. The van der Waals surface area contributed by atoms with E-state index >= 15 is 0 Å². The van der Waals surface area contributed by atoms with Crippen LogP contribution in [0.2, 0.25) is 0 Å². The first kappa shape index (κ1) is 17.8. The molecule has 1 aliphatic rings. The van der Waals surface area contributed by atoms with Crippen LogP contribution in [0.4, 0.5) is 5.69 Å². The minimum Gasteiger partial charge on any atom is -0.325 e. The molecule has 0 aromatic heterocycles. The minimum atomic E-state index is -0.275. The van der Waals surface area contributed by atoms with E-state index in [-0.39, 0.29) is 30.8 Å². The molecule has 3 rings (SSSR count). The zero-order chi connectivity index (χ0) is 18.7. The Morgan fingerprint density at radius 3 is 2.15 bits per heavy atom. The molecule has 0 saturated carbocycles. The number of rotatable bonds is 6. The minimum absolute atomic E-state index is 0.140. The Morgan fingerprint density at radius 1 is 1.00 bits per heavy atom. The van der Waals surface area contributed by atoms with E-state index in [0.29, 0.717) is 17.7 Å². The molecule has 0 bridgehead atoms. The molecule has 0 radical (unpaired) electrons. The first-order valence-electron chi connectivity index (χ1n) is 8.46. The summed E-state index contributed by atoms with van der Waals surface area (Å²) in [4.78, 5) is 39.8.